The SMILES string of the molecule is COc1ccc2c(Nc3cc(C)ccc3O)cc(C)nc2c1. The molecule has 0 amide bonds. The molecule has 0 radical (unpaired) electrons. The van der Waals surface area contributed by atoms with Crippen molar-refractivity contribution in [3.63, 3.8) is 0 Å². The van der Waals surface area contributed by atoms with Gasteiger partial charge in [-0.3, -0.25) is 4.98 Å². The number of nitrogens with one attached hydrogen (secondary N) is 1. The summed E-state index contributed by atoms with van der Waals surface area (Å²) < 4.78 is 5.25. The summed E-state index contributed by atoms with van der Waals surface area (Å²) in [6, 6.07) is 13.2. The van der Waals surface area contributed by atoms with Crippen LogP contribution in [0.25, 0.3) is 10.9 Å². The first-order chi connectivity index (χ1) is 10.6. The minimum Gasteiger partial charge on any atom is -0.506 e. The van der Waals surface area contributed by atoms with Gasteiger partial charge in [-0.05, 0) is 49.7 Å². The van der Waals surface area contributed by atoms with Gasteiger partial charge in [-0.1, -0.05) is 6.07 Å². The molecule has 0 unspecified atom stereocenters. The van der Waals surface area contributed by atoms with Crippen LogP contribution in [0.5, 0.6) is 11.5 Å². The second-order valence-corrected chi connectivity index (χ2v) is 5.34. The summed E-state index contributed by atoms with van der Waals surface area (Å²) in [6.07, 6.45) is 0. The van der Waals surface area contributed by atoms with E-state index >= 15 is 0 Å². The number of aryl methyl sites for hydroxylation is 2. The fraction of sp³-hybridized carbons (Fsp3) is 0.167. The van der Waals surface area contributed by atoms with Gasteiger partial charge in [0.15, 0.2) is 0 Å². The van der Waals surface area contributed by atoms with Crippen LogP contribution in [0.3, 0.4) is 0 Å². The second-order valence-electron chi connectivity index (χ2n) is 5.34. The quantitative estimate of drug-likeness (QED) is 0.707. The molecule has 112 valence electrons. The number of pyridine rings is 1. The number of hydrogen-bond acceptors (Lipinski definition) is 4. The predicted octanol–water partition coefficient (Wildman–Crippen LogP) is 4.31. The molecule has 0 aliphatic carbocycles. The van der Waals surface area contributed by atoms with E-state index in [-0.39, 0.29) is 5.75 Å². The zero-order valence-electron chi connectivity index (χ0n) is 12.8. The number of nitrogens with zero attached hydrogens (tertiary/aromatic N) is 1. The van der Waals surface area contributed by atoms with Gasteiger partial charge in [0.1, 0.15) is 11.5 Å². The number of rotatable bonds is 3. The highest BCUT2D eigenvalue weighted by atomic mass is 16.5. The molecule has 0 spiro atoms. The molecule has 22 heavy (non-hydrogen) atoms. The third-order valence-electron chi connectivity index (χ3n) is 3.57. The van der Waals surface area contributed by atoms with Crippen LogP contribution in [0.4, 0.5) is 11.4 Å². The Morgan fingerprint density at radius 2 is 1.82 bits per heavy atom. The van der Waals surface area contributed by atoms with Crippen molar-refractivity contribution in [2.75, 3.05) is 12.4 Å². The standard InChI is InChI=1S/C18H18N2O2/c1-11-4-7-18(21)17(8-11)20-15-9-12(2)19-16-10-13(22-3)5-6-14(15)16/h4-10,21H,1-3H3,(H,19,20). The molecule has 1 aromatic heterocycles. The summed E-state index contributed by atoms with van der Waals surface area (Å²) >= 11 is 0. The van der Waals surface area contributed by atoms with E-state index in [4.69, 9.17) is 4.74 Å². The normalized spacial score (nSPS) is 10.7. The number of aromatic nitrogens is 1. The lowest BCUT2D eigenvalue weighted by Crippen LogP contribution is -1.96. The highest BCUT2D eigenvalue weighted by molar-refractivity contribution is 5.94. The number of ether oxygens (including phenoxy) is 1. The minimum absolute atomic E-state index is 0.224. The summed E-state index contributed by atoms with van der Waals surface area (Å²) in [5, 5.41) is 14.3. The van der Waals surface area contributed by atoms with E-state index in [1.54, 1.807) is 13.2 Å². The number of methoxy groups -OCH3 is 1. The topological polar surface area (TPSA) is 54.4 Å². The highest BCUT2D eigenvalue weighted by Gasteiger charge is 2.08. The summed E-state index contributed by atoms with van der Waals surface area (Å²) in [5.41, 5.74) is 4.43. The number of benzene rings is 2. The molecule has 0 aliphatic heterocycles. The van der Waals surface area contributed by atoms with E-state index in [0.717, 1.165) is 33.6 Å². The van der Waals surface area contributed by atoms with E-state index in [1.165, 1.54) is 0 Å². The van der Waals surface area contributed by atoms with Crippen molar-refractivity contribution in [3.05, 3.63) is 53.7 Å². The number of phenolic OH excluding ortho intramolecular Hbond substituents is 1. The van der Waals surface area contributed by atoms with E-state index < -0.39 is 0 Å². The van der Waals surface area contributed by atoms with Gasteiger partial charge in [-0.25, -0.2) is 0 Å². The van der Waals surface area contributed by atoms with Gasteiger partial charge < -0.3 is 15.2 Å². The van der Waals surface area contributed by atoms with E-state index in [9.17, 15) is 5.11 Å². The maximum Gasteiger partial charge on any atom is 0.139 e. The van der Waals surface area contributed by atoms with Crippen LogP contribution < -0.4 is 10.1 Å². The predicted molar refractivity (Wildman–Crippen MR) is 89.2 cm³/mol. The molecule has 0 aliphatic rings. The molecule has 0 saturated heterocycles. The lowest BCUT2D eigenvalue weighted by molar-refractivity contribution is 0.415. The molecule has 1 heterocycles. The van der Waals surface area contributed by atoms with Crippen molar-refractivity contribution in [1.29, 1.82) is 0 Å². The number of hydrogen-bond donors (Lipinski definition) is 2. The Labute approximate surface area is 129 Å². The van der Waals surface area contributed by atoms with Gasteiger partial charge in [-0.2, -0.15) is 0 Å². The number of aromatic hydroxyl groups is 1. The molecule has 0 saturated carbocycles. The van der Waals surface area contributed by atoms with Gasteiger partial charge in [-0.15, -0.1) is 0 Å². The molecule has 4 heteroatoms. The van der Waals surface area contributed by atoms with Crippen LogP contribution in [0.15, 0.2) is 42.5 Å². The van der Waals surface area contributed by atoms with Crippen LogP contribution in [0, 0.1) is 13.8 Å². The number of phenols is 1. The summed E-state index contributed by atoms with van der Waals surface area (Å²) in [6.45, 7) is 3.94. The molecule has 0 bridgehead atoms. The third-order valence-corrected chi connectivity index (χ3v) is 3.57. The Balaban J connectivity index is 2.12. The molecule has 3 aromatic rings. The Hall–Kier alpha value is -2.75. The van der Waals surface area contributed by atoms with Crippen molar-refractivity contribution in [3.8, 4) is 11.5 Å². The molecular formula is C18H18N2O2. The van der Waals surface area contributed by atoms with E-state index in [2.05, 4.69) is 10.3 Å². The summed E-state index contributed by atoms with van der Waals surface area (Å²) in [4.78, 5) is 4.54. The van der Waals surface area contributed by atoms with Gasteiger partial charge in [0.05, 0.1) is 18.3 Å². The van der Waals surface area contributed by atoms with Gasteiger partial charge >= 0.3 is 0 Å². The monoisotopic (exact) mass is 294 g/mol. The highest BCUT2D eigenvalue weighted by Crippen LogP contribution is 2.32. The van der Waals surface area contributed by atoms with Crippen LogP contribution in [-0.2, 0) is 0 Å². The van der Waals surface area contributed by atoms with Crippen molar-refractivity contribution >= 4 is 22.3 Å². The Kier molecular flexibility index (Phi) is 3.59. The van der Waals surface area contributed by atoms with Crippen molar-refractivity contribution in [2.24, 2.45) is 0 Å². The number of fused-ring (bicyclic) bond motifs is 1. The second kappa shape index (κ2) is 5.56. The van der Waals surface area contributed by atoms with Crippen LogP contribution in [-0.4, -0.2) is 17.2 Å². The van der Waals surface area contributed by atoms with Crippen molar-refractivity contribution in [1.82, 2.24) is 4.98 Å². The molecule has 2 aromatic carbocycles. The average Bonchev–Trinajstić information content (AvgIpc) is 2.50. The Morgan fingerprint density at radius 3 is 2.59 bits per heavy atom. The first-order valence-corrected chi connectivity index (χ1v) is 7.09. The fourth-order valence-electron chi connectivity index (χ4n) is 2.47. The van der Waals surface area contributed by atoms with Crippen LogP contribution in [0.1, 0.15) is 11.3 Å². The zero-order chi connectivity index (χ0) is 15.7. The lowest BCUT2D eigenvalue weighted by Gasteiger charge is -2.13. The lowest BCUT2D eigenvalue weighted by atomic mass is 10.1. The molecule has 0 fully saturated rings. The van der Waals surface area contributed by atoms with Crippen molar-refractivity contribution < 1.29 is 9.84 Å². The van der Waals surface area contributed by atoms with Crippen LogP contribution in [0.2, 0.25) is 0 Å². The van der Waals surface area contributed by atoms with Gasteiger partial charge in [0, 0.05) is 22.8 Å². The molecule has 0 atom stereocenters. The molecule has 2 N–H and O–H groups in total. The molecular weight excluding hydrogens is 276 g/mol. The van der Waals surface area contributed by atoms with Gasteiger partial charge in [0.25, 0.3) is 0 Å². The molecule has 4 nitrogen and oxygen atoms in total. The first kappa shape index (κ1) is 14.2. The maximum atomic E-state index is 10.0. The summed E-state index contributed by atoms with van der Waals surface area (Å²) in [5.74, 6) is 0.997. The Bertz CT molecular complexity index is 844. The van der Waals surface area contributed by atoms with Crippen molar-refractivity contribution in [2.45, 2.75) is 13.8 Å². The average molecular weight is 294 g/mol. The molecule has 3 rings (SSSR count). The first-order valence-electron chi connectivity index (χ1n) is 7.09. The van der Waals surface area contributed by atoms with E-state index in [0.29, 0.717) is 5.69 Å². The maximum absolute atomic E-state index is 10.0. The van der Waals surface area contributed by atoms with Gasteiger partial charge in [0.2, 0.25) is 0 Å². The Morgan fingerprint density at radius 1 is 1.00 bits per heavy atom. The third kappa shape index (κ3) is 2.68. The number of anilines is 2. The van der Waals surface area contributed by atoms with E-state index in [1.807, 2.05) is 50.2 Å². The smallest absolute Gasteiger partial charge is 0.139 e. The summed E-state index contributed by atoms with van der Waals surface area (Å²) in [7, 11) is 1.64. The minimum atomic E-state index is 0.224. The zero-order valence-corrected chi connectivity index (χ0v) is 12.8. The largest absolute Gasteiger partial charge is 0.506 e. The van der Waals surface area contributed by atoms with Crippen LogP contribution >= 0.6 is 0 Å². The fourth-order valence-corrected chi connectivity index (χ4v) is 2.47.